The number of amides is 2. The van der Waals surface area contributed by atoms with E-state index in [-0.39, 0.29) is 11.4 Å². The number of allylic oxidation sites excluding steroid dienone is 1. The smallest absolute Gasteiger partial charge is 0.318 e. The normalized spacial score (nSPS) is 12.6. The van der Waals surface area contributed by atoms with Gasteiger partial charge >= 0.3 is 6.03 Å². The third-order valence-electron chi connectivity index (χ3n) is 1.83. The largest absolute Gasteiger partial charge is 0.341 e. The van der Waals surface area contributed by atoms with Crippen LogP contribution in [0.2, 0.25) is 0 Å². The second-order valence-electron chi connectivity index (χ2n) is 3.80. The molecule has 70 valence electrons. The van der Waals surface area contributed by atoms with Crippen LogP contribution in [0.4, 0.5) is 4.79 Å². The number of nitrogens with one attached hydrogen (secondary N) is 2. The second-order valence-corrected chi connectivity index (χ2v) is 3.80. The minimum Gasteiger partial charge on any atom is -0.341 e. The van der Waals surface area contributed by atoms with Crippen molar-refractivity contribution < 1.29 is 4.79 Å². The van der Waals surface area contributed by atoms with E-state index < -0.39 is 0 Å². The Bertz CT molecular complexity index is 189. The van der Waals surface area contributed by atoms with Crippen molar-refractivity contribution in [2.45, 2.75) is 27.7 Å². The number of carbonyl (C=O) groups excluding carboxylic acids is 1. The average Bonchev–Trinajstić information content (AvgIpc) is 1.97. The van der Waals surface area contributed by atoms with Crippen molar-refractivity contribution in [2.75, 3.05) is 7.05 Å². The fraction of sp³-hybridized carbons (Fsp3) is 0.667. The predicted molar refractivity (Wildman–Crippen MR) is 50.8 cm³/mol. The van der Waals surface area contributed by atoms with Gasteiger partial charge in [0.15, 0.2) is 0 Å². The molecule has 3 nitrogen and oxygen atoms in total. The Morgan fingerprint density at radius 2 is 1.83 bits per heavy atom. The van der Waals surface area contributed by atoms with Crippen LogP contribution in [0.25, 0.3) is 0 Å². The number of hydrogen-bond acceptors (Lipinski definition) is 1. The molecule has 0 aliphatic heterocycles. The van der Waals surface area contributed by atoms with Gasteiger partial charge in [-0.2, -0.15) is 0 Å². The molecule has 0 bridgehead atoms. The van der Waals surface area contributed by atoms with Gasteiger partial charge in [-0.25, -0.2) is 4.79 Å². The molecule has 2 N–H and O–H groups in total. The third kappa shape index (κ3) is 4.01. The maximum Gasteiger partial charge on any atom is 0.318 e. The maximum absolute atomic E-state index is 10.8. The van der Waals surface area contributed by atoms with Crippen LogP contribution < -0.4 is 10.6 Å². The summed E-state index contributed by atoms with van der Waals surface area (Å²) in [5.74, 6) is 0. The van der Waals surface area contributed by atoms with Gasteiger partial charge in [0.05, 0.1) is 0 Å². The highest BCUT2D eigenvalue weighted by atomic mass is 16.2. The summed E-state index contributed by atoms with van der Waals surface area (Å²) in [4.78, 5) is 10.8. The van der Waals surface area contributed by atoms with Gasteiger partial charge < -0.3 is 10.6 Å². The van der Waals surface area contributed by atoms with Gasteiger partial charge in [-0.15, -0.1) is 0 Å². The summed E-state index contributed by atoms with van der Waals surface area (Å²) in [7, 11) is 1.59. The van der Waals surface area contributed by atoms with Crippen LogP contribution in [0.15, 0.2) is 11.8 Å². The first-order valence-corrected chi connectivity index (χ1v) is 4.03. The Kier molecular flexibility index (Phi) is 3.80. The van der Waals surface area contributed by atoms with E-state index in [1.165, 1.54) is 0 Å². The fourth-order valence-electron chi connectivity index (χ4n) is 0.462. The molecule has 0 heterocycles. The van der Waals surface area contributed by atoms with E-state index in [4.69, 9.17) is 0 Å². The van der Waals surface area contributed by atoms with Gasteiger partial charge in [-0.05, 0) is 12.3 Å². The molecule has 0 rings (SSSR count). The van der Waals surface area contributed by atoms with Gasteiger partial charge in [0.1, 0.15) is 0 Å². The first-order chi connectivity index (χ1) is 5.38. The van der Waals surface area contributed by atoms with Crippen LogP contribution in [0.1, 0.15) is 27.7 Å². The predicted octanol–water partition coefficient (Wildman–Crippen LogP) is 1.87. The Balaban J connectivity index is 4.11. The van der Waals surface area contributed by atoms with Crippen LogP contribution in [-0.4, -0.2) is 13.1 Å². The molecule has 0 saturated heterocycles. The van der Waals surface area contributed by atoms with Crippen molar-refractivity contribution in [3.05, 3.63) is 11.8 Å². The summed E-state index contributed by atoms with van der Waals surface area (Å²) < 4.78 is 0. The van der Waals surface area contributed by atoms with Crippen molar-refractivity contribution in [2.24, 2.45) is 5.41 Å². The van der Waals surface area contributed by atoms with E-state index in [1.807, 2.05) is 6.92 Å². The van der Waals surface area contributed by atoms with Crippen molar-refractivity contribution in [1.82, 2.24) is 10.6 Å². The van der Waals surface area contributed by atoms with Gasteiger partial charge in [-0.3, -0.25) is 0 Å². The number of carbonyl (C=O) groups is 1. The fourth-order valence-corrected chi connectivity index (χ4v) is 0.462. The zero-order chi connectivity index (χ0) is 9.78. The standard InChI is InChI=1S/C9H18N2O/c1-7(9(2,3)4)6-11-8(12)10-5/h6H,1-5H3,(H2,10,11,12)/b7-6+. The molecular formula is C9H18N2O. The van der Waals surface area contributed by atoms with Crippen LogP contribution in [-0.2, 0) is 0 Å². The molecule has 3 heteroatoms. The molecule has 0 spiro atoms. The highest BCUT2D eigenvalue weighted by molar-refractivity contribution is 5.74. The molecular weight excluding hydrogens is 152 g/mol. The lowest BCUT2D eigenvalue weighted by Gasteiger charge is -2.19. The molecule has 0 unspecified atom stereocenters. The van der Waals surface area contributed by atoms with E-state index in [1.54, 1.807) is 13.2 Å². The van der Waals surface area contributed by atoms with E-state index >= 15 is 0 Å². The van der Waals surface area contributed by atoms with E-state index in [0.29, 0.717) is 0 Å². The van der Waals surface area contributed by atoms with Gasteiger partial charge in [0.25, 0.3) is 0 Å². The first kappa shape index (κ1) is 11.0. The molecule has 0 atom stereocenters. The molecule has 0 saturated carbocycles. The highest BCUT2D eigenvalue weighted by Gasteiger charge is 2.12. The van der Waals surface area contributed by atoms with E-state index in [9.17, 15) is 4.79 Å². The second kappa shape index (κ2) is 4.14. The monoisotopic (exact) mass is 170 g/mol. The minimum atomic E-state index is -0.182. The lowest BCUT2D eigenvalue weighted by atomic mass is 9.88. The molecule has 0 radical (unpaired) electrons. The van der Waals surface area contributed by atoms with Gasteiger partial charge in [0.2, 0.25) is 0 Å². The van der Waals surface area contributed by atoms with Crippen LogP contribution in [0, 0.1) is 5.41 Å². The Hall–Kier alpha value is -0.990. The van der Waals surface area contributed by atoms with Crippen molar-refractivity contribution in [3.63, 3.8) is 0 Å². The lowest BCUT2D eigenvalue weighted by Crippen LogP contribution is -2.29. The van der Waals surface area contributed by atoms with Crippen LogP contribution in [0.5, 0.6) is 0 Å². The minimum absolute atomic E-state index is 0.112. The highest BCUT2D eigenvalue weighted by Crippen LogP contribution is 2.23. The summed E-state index contributed by atoms with van der Waals surface area (Å²) in [6.45, 7) is 8.30. The first-order valence-electron chi connectivity index (χ1n) is 4.03. The van der Waals surface area contributed by atoms with E-state index in [2.05, 4.69) is 31.4 Å². The van der Waals surface area contributed by atoms with Crippen molar-refractivity contribution in [1.29, 1.82) is 0 Å². The zero-order valence-corrected chi connectivity index (χ0v) is 8.49. The molecule has 0 aromatic carbocycles. The number of hydrogen-bond donors (Lipinski definition) is 2. The Morgan fingerprint density at radius 1 is 1.33 bits per heavy atom. The average molecular weight is 170 g/mol. The Labute approximate surface area is 74.2 Å². The van der Waals surface area contributed by atoms with Crippen molar-refractivity contribution in [3.8, 4) is 0 Å². The third-order valence-corrected chi connectivity index (χ3v) is 1.83. The summed E-state index contributed by atoms with van der Waals surface area (Å²) in [6.07, 6.45) is 1.73. The molecule has 2 amide bonds. The lowest BCUT2D eigenvalue weighted by molar-refractivity contribution is 0.246. The molecule has 0 aliphatic carbocycles. The summed E-state index contributed by atoms with van der Waals surface area (Å²) >= 11 is 0. The maximum atomic E-state index is 10.8. The Morgan fingerprint density at radius 3 is 2.17 bits per heavy atom. The van der Waals surface area contributed by atoms with Crippen LogP contribution >= 0.6 is 0 Å². The molecule has 0 aromatic heterocycles. The summed E-state index contributed by atoms with van der Waals surface area (Å²) in [6, 6.07) is -0.182. The topological polar surface area (TPSA) is 41.1 Å². The van der Waals surface area contributed by atoms with Gasteiger partial charge in [0, 0.05) is 13.2 Å². The SMILES string of the molecule is CNC(=O)N/C=C(\C)C(C)(C)C. The number of urea groups is 1. The van der Waals surface area contributed by atoms with E-state index in [0.717, 1.165) is 5.57 Å². The summed E-state index contributed by atoms with van der Waals surface area (Å²) in [5.41, 5.74) is 1.26. The molecule has 0 aliphatic rings. The van der Waals surface area contributed by atoms with Crippen LogP contribution in [0.3, 0.4) is 0 Å². The zero-order valence-electron chi connectivity index (χ0n) is 8.49. The van der Waals surface area contributed by atoms with Gasteiger partial charge in [-0.1, -0.05) is 26.3 Å². The number of rotatable bonds is 1. The molecule has 0 aromatic rings. The molecule has 12 heavy (non-hydrogen) atoms. The quantitative estimate of drug-likeness (QED) is 0.619. The van der Waals surface area contributed by atoms with Crippen molar-refractivity contribution >= 4 is 6.03 Å². The summed E-state index contributed by atoms with van der Waals surface area (Å²) in [5, 5.41) is 5.10. The molecule has 0 fully saturated rings.